The number of aromatic nitrogens is 4. The number of halogens is 1. The van der Waals surface area contributed by atoms with Gasteiger partial charge in [-0.3, -0.25) is 9.80 Å². The third-order valence-corrected chi connectivity index (χ3v) is 7.18. The molecule has 0 atom stereocenters. The van der Waals surface area contributed by atoms with E-state index in [-0.39, 0.29) is 0 Å². The number of nitrogens with one attached hydrogen (secondary N) is 1. The third-order valence-electron chi connectivity index (χ3n) is 6.81. The molecule has 4 heterocycles. The van der Waals surface area contributed by atoms with E-state index in [0.29, 0.717) is 16.8 Å². The average molecular weight is 469 g/mol. The van der Waals surface area contributed by atoms with Crippen LogP contribution in [0, 0.1) is 0 Å². The van der Waals surface area contributed by atoms with Crippen LogP contribution in [0.25, 0.3) is 22.3 Å². The summed E-state index contributed by atoms with van der Waals surface area (Å²) in [6, 6.07) is 10.6. The van der Waals surface area contributed by atoms with E-state index in [9.17, 15) is 0 Å². The number of nitrogens with zero attached hydrogens (tertiary/aromatic N) is 7. The van der Waals surface area contributed by atoms with Crippen molar-refractivity contribution in [2.24, 2.45) is 0 Å². The van der Waals surface area contributed by atoms with Gasteiger partial charge in [-0.2, -0.15) is 5.10 Å². The van der Waals surface area contributed by atoms with Crippen LogP contribution in [-0.4, -0.2) is 94.7 Å². The Balaban J connectivity index is 1.44. The fourth-order valence-corrected chi connectivity index (χ4v) is 5.09. The Bertz CT molecular complexity index is 1070. The minimum Gasteiger partial charge on any atom is -0.352 e. The summed E-state index contributed by atoms with van der Waals surface area (Å²) < 4.78 is 2.01. The quantitative estimate of drug-likeness (QED) is 0.596. The second-order valence-electron chi connectivity index (χ2n) is 9.18. The number of fused-ring (bicyclic) bond motifs is 1. The van der Waals surface area contributed by atoms with Gasteiger partial charge in [0.25, 0.3) is 0 Å². The van der Waals surface area contributed by atoms with E-state index < -0.39 is 0 Å². The third kappa shape index (κ3) is 4.71. The first-order chi connectivity index (χ1) is 16.1. The van der Waals surface area contributed by atoms with Crippen LogP contribution in [0.3, 0.4) is 0 Å². The van der Waals surface area contributed by atoms with Crippen LogP contribution in [0.2, 0.25) is 5.02 Å². The molecule has 0 saturated carbocycles. The Hall–Kier alpha value is -2.26. The number of rotatable bonds is 6. The molecule has 5 rings (SSSR count). The van der Waals surface area contributed by atoms with Gasteiger partial charge in [0, 0.05) is 70.5 Å². The number of hydrogen-bond donors (Lipinski definition) is 1. The standard InChI is InChI=1S/C24H33ClN8/c1-18(2)31-15-12-30(13-16-31)14-17-33-23-20(24(29-33)32-10-8-26-9-11-32)21(25)22(27-28-23)19-6-4-3-5-7-19/h3-7,18,26H,8-17H2,1-2H3. The Kier molecular flexibility index (Phi) is 6.78. The van der Waals surface area contributed by atoms with Crippen LogP contribution >= 0.6 is 11.6 Å². The second-order valence-corrected chi connectivity index (χ2v) is 9.56. The maximum atomic E-state index is 6.99. The summed E-state index contributed by atoms with van der Waals surface area (Å²) >= 11 is 6.99. The molecular formula is C24H33ClN8. The predicted molar refractivity (Wildman–Crippen MR) is 134 cm³/mol. The summed E-state index contributed by atoms with van der Waals surface area (Å²) in [4.78, 5) is 7.38. The van der Waals surface area contributed by atoms with Crippen LogP contribution in [0.5, 0.6) is 0 Å². The van der Waals surface area contributed by atoms with E-state index in [1.54, 1.807) is 0 Å². The molecule has 2 aliphatic heterocycles. The lowest BCUT2D eigenvalue weighted by molar-refractivity contribution is 0.105. The summed E-state index contributed by atoms with van der Waals surface area (Å²) in [5, 5.41) is 19.2. The molecule has 1 aromatic carbocycles. The number of piperazine rings is 2. The van der Waals surface area contributed by atoms with Gasteiger partial charge in [0.05, 0.1) is 17.0 Å². The van der Waals surface area contributed by atoms with Gasteiger partial charge in [-0.25, -0.2) is 4.68 Å². The normalized spacial score (nSPS) is 18.5. The van der Waals surface area contributed by atoms with Gasteiger partial charge >= 0.3 is 0 Å². The first-order valence-electron chi connectivity index (χ1n) is 12.0. The number of benzene rings is 1. The van der Waals surface area contributed by atoms with Crippen LogP contribution in [0.4, 0.5) is 5.82 Å². The summed E-state index contributed by atoms with van der Waals surface area (Å²) in [6.45, 7) is 14.4. The highest BCUT2D eigenvalue weighted by Gasteiger charge is 2.25. The zero-order valence-electron chi connectivity index (χ0n) is 19.5. The van der Waals surface area contributed by atoms with Crippen molar-refractivity contribution < 1.29 is 0 Å². The highest BCUT2D eigenvalue weighted by molar-refractivity contribution is 6.38. The smallest absolute Gasteiger partial charge is 0.184 e. The number of anilines is 1. The van der Waals surface area contributed by atoms with E-state index in [1.165, 1.54) is 0 Å². The molecule has 0 bridgehead atoms. The highest BCUT2D eigenvalue weighted by Crippen LogP contribution is 2.36. The summed E-state index contributed by atoms with van der Waals surface area (Å²) in [5.74, 6) is 0.924. The fraction of sp³-hybridized carbons (Fsp3) is 0.542. The lowest BCUT2D eigenvalue weighted by Gasteiger charge is -2.36. The van der Waals surface area contributed by atoms with E-state index in [2.05, 4.69) is 44.1 Å². The van der Waals surface area contributed by atoms with Crippen LogP contribution in [0.1, 0.15) is 13.8 Å². The van der Waals surface area contributed by atoms with Crippen molar-refractivity contribution in [3.05, 3.63) is 35.4 Å². The average Bonchev–Trinajstić information content (AvgIpc) is 3.24. The lowest BCUT2D eigenvalue weighted by Crippen LogP contribution is -2.49. The molecule has 0 spiro atoms. The van der Waals surface area contributed by atoms with Crippen LogP contribution < -0.4 is 10.2 Å². The van der Waals surface area contributed by atoms with Gasteiger partial charge in [0.15, 0.2) is 11.5 Å². The van der Waals surface area contributed by atoms with Crippen molar-refractivity contribution in [3.63, 3.8) is 0 Å². The van der Waals surface area contributed by atoms with Gasteiger partial charge in [-0.1, -0.05) is 41.9 Å². The van der Waals surface area contributed by atoms with Crippen molar-refractivity contribution in [3.8, 4) is 11.3 Å². The van der Waals surface area contributed by atoms with Gasteiger partial charge in [0.1, 0.15) is 5.69 Å². The lowest BCUT2D eigenvalue weighted by atomic mass is 10.1. The first-order valence-corrected chi connectivity index (χ1v) is 12.4. The van der Waals surface area contributed by atoms with Gasteiger partial charge in [-0.05, 0) is 13.8 Å². The van der Waals surface area contributed by atoms with E-state index >= 15 is 0 Å². The zero-order valence-corrected chi connectivity index (χ0v) is 20.3. The molecular weight excluding hydrogens is 436 g/mol. The molecule has 2 aliphatic rings. The van der Waals surface area contributed by atoms with Crippen molar-refractivity contribution >= 4 is 28.5 Å². The molecule has 8 nitrogen and oxygen atoms in total. The van der Waals surface area contributed by atoms with E-state index in [0.717, 1.165) is 87.9 Å². The maximum absolute atomic E-state index is 6.99. The van der Waals surface area contributed by atoms with Crippen molar-refractivity contribution in [1.82, 2.24) is 35.1 Å². The molecule has 1 N–H and O–H groups in total. The molecule has 0 aliphatic carbocycles. The first kappa shape index (κ1) is 22.5. The highest BCUT2D eigenvalue weighted by atomic mass is 35.5. The molecule has 176 valence electrons. The SMILES string of the molecule is CC(C)N1CCN(CCn2nc(N3CCNCC3)c3c(Cl)c(-c4ccccc4)nnc32)CC1. The molecule has 0 amide bonds. The van der Waals surface area contributed by atoms with Crippen molar-refractivity contribution in [1.29, 1.82) is 0 Å². The van der Waals surface area contributed by atoms with Gasteiger partial charge < -0.3 is 10.2 Å². The Morgan fingerprint density at radius 2 is 1.67 bits per heavy atom. The number of hydrogen-bond acceptors (Lipinski definition) is 7. The van der Waals surface area contributed by atoms with E-state index in [1.807, 2.05) is 35.0 Å². The predicted octanol–water partition coefficient (Wildman–Crippen LogP) is 2.58. The van der Waals surface area contributed by atoms with Crippen LogP contribution in [-0.2, 0) is 6.54 Å². The molecule has 33 heavy (non-hydrogen) atoms. The van der Waals surface area contributed by atoms with E-state index in [4.69, 9.17) is 16.7 Å². The summed E-state index contributed by atoms with van der Waals surface area (Å²) in [5.41, 5.74) is 2.46. The van der Waals surface area contributed by atoms with Crippen LogP contribution in [0.15, 0.2) is 30.3 Å². The Labute approximate surface area is 200 Å². The molecule has 2 fully saturated rings. The van der Waals surface area contributed by atoms with Gasteiger partial charge in [0.2, 0.25) is 0 Å². The molecule has 2 saturated heterocycles. The molecule has 0 unspecified atom stereocenters. The minimum atomic E-state index is 0.611. The molecule has 9 heteroatoms. The largest absolute Gasteiger partial charge is 0.352 e. The van der Waals surface area contributed by atoms with Crippen molar-refractivity contribution in [2.75, 3.05) is 63.8 Å². The fourth-order valence-electron chi connectivity index (χ4n) is 4.77. The summed E-state index contributed by atoms with van der Waals surface area (Å²) in [7, 11) is 0. The topological polar surface area (TPSA) is 65.3 Å². The van der Waals surface area contributed by atoms with Gasteiger partial charge in [-0.15, -0.1) is 10.2 Å². The zero-order chi connectivity index (χ0) is 22.8. The molecule has 0 radical (unpaired) electrons. The summed E-state index contributed by atoms with van der Waals surface area (Å²) in [6.07, 6.45) is 0. The molecule has 3 aromatic rings. The van der Waals surface area contributed by atoms with Crippen molar-refractivity contribution in [2.45, 2.75) is 26.4 Å². The monoisotopic (exact) mass is 468 g/mol. The second kappa shape index (κ2) is 9.93. The Morgan fingerprint density at radius 1 is 0.939 bits per heavy atom. The Morgan fingerprint density at radius 3 is 2.36 bits per heavy atom. The minimum absolute atomic E-state index is 0.611. The maximum Gasteiger partial charge on any atom is 0.184 e. The molecule has 2 aromatic heterocycles.